The molecular weight excluding hydrogens is 190 g/mol. The van der Waals surface area contributed by atoms with E-state index < -0.39 is 0 Å². The van der Waals surface area contributed by atoms with Gasteiger partial charge in [-0.05, 0) is 31.6 Å². The first-order valence-electron chi connectivity index (χ1n) is 6.17. The van der Waals surface area contributed by atoms with Gasteiger partial charge in [0.15, 0.2) is 0 Å². The van der Waals surface area contributed by atoms with Crippen LogP contribution < -0.4 is 0 Å². The Balaban J connectivity index is 1.55. The van der Waals surface area contributed by atoms with E-state index >= 15 is 0 Å². The molecule has 0 aromatic rings. The van der Waals surface area contributed by atoms with Crippen LogP contribution in [0.1, 0.15) is 25.7 Å². The Labute approximate surface area is 90.5 Å². The molecule has 0 amide bonds. The minimum absolute atomic E-state index is 0.101. The van der Waals surface area contributed by atoms with Crippen LogP contribution in [0, 0.1) is 17.8 Å². The Morgan fingerprint density at radius 3 is 2.67 bits per heavy atom. The second-order valence-corrected chi connectivity index (χ2v) is 5.50. The minimum Gasteiger partial charge on any atom is -0.393 e. The number of carbonyl (C=O) groups is 1. The summed E-state index contributed by atoms with van der Waals surface area (Å²) in [6.07, 6.45) is 4.25. The number of carbonyl (C=O) groups excluding carboxylic acids is 1. The minimum atomic E-state index is -0.101. The SMILES string of the molecule is O=C(CN1CC2CCC(O)C2C1)C1CC1. The molecule has 2 aliphatic carbocycles. The van der Waals surface area contributed by atoms with Crippen LogP contribution in [0.2, 0.25) is 0 Å². The van der Waals surface area contributed by atoms with Crippen LogP contribution in [-0.4, -0.2) is 41.5 Å². The third-order valence-corrected chi connectivity index (χ3v) is 4.31. The van der Waals surface area contributed by atoms with Gasteiger partial charge in [-0.3, -0.25) is 9.69 Å². The molecule has 1 saturated heterocycles. The largest absolute Gasteiger partial charge is 0.393 e. The van der Waals surface area contributed by atoms with Gasteiger partial charge in [0.2, 0.25) is 0 Å². The second kappa shape index (κ2) is 3.56. The number of fused-ring (bicyclic) bond motifs is 1. The molecule has 3 heteroatoms. The van der Waals surface area contributed by atoms with Crippen LogP contribution in [0.5, 0.6) is 0 Å². The Kier molecular flexibility index (Phi) is 2.33. The van der Waals surface area contributed by atoms with Crippen molar-refractivity contribution >= 4 is 5.78 Å². The van der Waals surface area contributed by atoms with Crippen LogP contribution in [0.4, 0.5) is 0 Å². The van der Waals surface area contributed by atoms with E-state index in [1.165, 1.54) is 0 Å². The van der Waals surface area contributed by atoms with Crippen LogP contribution in [-0.2, 0) is 4.79 Å². The summed E-state index contributed by atoms with van der Waals surface area (Å²) in [5.74, 6) is 1.93. The molecule has 3 aliphatic rings. The molecule has 3 unspecified atom stereocenters. The van der Waals surface area contributed by atoms with Crippen molar-refractivity contribution < 1.29 is 9.90 Å². The van der Waals surface area contributed by atoms with Crippen LogP contribution >= 0.6 is 0 Å². The molecule has 1 aliphatic heterocycles. The lowest BCUT2D eigenvalue weighted by molar-refractivity contribution is -0.121. The molecule has 3 atom stereocenters. The fraction of sp³-hybridized carbons (Fsp3) is 0.917. The highest BCUT2D eigenvalue weighted by Gasteiger charge is 2.42. The highest BCUT2D eigenvalue weighted by molar-refractivity contribution is 5.85. The molecule has 3 fully saturated rings. The summed E-state index contributed by atoms with van der Waals surface area (Å²) in [7, 11) is 0. The van der Waals surface area contributed by atoms with Gasteiger partial charge >= 0.3 is 0 Å². The van der Waals surface area contributed by atoms with Crippen molar-refractivity contribution in [1.82, 2.24) is 4.90 Å². The van der Waals surface area contributed by atoms with Gasteiger partial charge in [-0.2, -0.15) is 0 Å². The second-order valence-electron chi connectivity index (χ2n) is 5.50. The summed E-state index contributed by atoms with van der Waals surface area (Å²) in [6, 6.07) is 0. The van der Waals surface area contributed by atoms with Gasteiger partial charge < -0.3 is 5.11 Å². The third kappa shape index (κ3) is 1.83. The van der Waals surface area contributed by atoms with E-state index in [4.69, 9.17) is 0 Å². The van der Waals surface area contributed by atoms with E-state index in [0.29, 0.717) is 30.1 Å². The van der Waals surface area contributed by atoms with Gasteiger partial charge in [0.25, 0.3) is 0 Å². The molecule has 1 N–H and O–H groups in total. The van der Waals surface area contributed by atoms with Crippen LogP contribution in [0.15, 0.2) is 0 Å². The smallest absolute Gasteiger partial charge is 0.149 e. The van der Waals surface area contributed by atoms with E-state index in [9.17, 15) is 9.90 Å². The number of likely N-dealkylation sites (tertiary alicyclic amines) is 1. The number of nitrogens with zero attached hydrogens (tertiary/aromatic N) is 1. The van der Waals surface area contributed by atoms with E-state index in [2.05, 4.69) is 4.90 Å². The molecule has 0 bridgehead atoms. The maximum Gasteiger partial charge on any atom is 0.149 e. The molecule has 15 heavy (non-hydrogen) atoms. The fourth-order valence-corrected chi connectivity index (χ4v) is 3.21. The van der Waals surface area contributed by atoms with E-state index in [1.807, 2.05) is 0 Å². The van der Waals surface area contributed by atoms with Crippen molar-refractivity contribution in [3.63, 3.8) is 0 Å². The Morgan fingerprint density at radius 2 is 2.00 bits per heavy atom. The molecule has 0 radical (unpaired) electrons. The first-order valence-corrected chi connectivity index (χ1v) is 6.17. The van der Waals surface area contributed by atoms with Gasteiger partial charge in [0, 0.05) is 24.9 Å². The molecule has 2 saturated carbocycles. The van der Waals surface area contributed by atoms with Crippen molar-refractivity contribution in [3.05, 3.63) is 0 Å². The number of hydrogen-bond acceptors (Lipinski definition) is 3. The maximum atomic E-state index is 11.7. The van der Waals surface area contributed by atoms with E-state index in [-0.39, 0.29) is 6.10 Å². The van der Waals surface area contributed by atoms with Gasteiger partial charge in [-0.1, -0.05) is 0 Å². The molecule has 0 aromatic heterocycles. The highest BCUT2D eigenvalue weighted by Crippen LogP contribution is 2.38. The van der Waals surface area contributed by atoms with Crippen LogP contribution in [0.3, 0.4) is 0 Å². The van der Waals surface area contributed by atoms with Crippen LogP contribution in [0.25, 0.3) is 0 Å². The zero-order chi connectivity index (χ0) is 10.4. The van der Waals surface area contributed by atoms with Crippen molar-refractivity contribution in [1.29, 1.82) is 0 Å². The van der Waals surface area contributed by atoms with E-state index in [0.717, 1.165) is 38.8 Å². The lowest BCUT2D eigenvalue weighted by Gasteiger charge is -2.16. The number of aliphatic hydroxyl groups excluding tert-OH is 1. The topological polar surface area (TPSA) is 40.5 Å². The average Bonchev–Trinajstić information content (AvgIpc) is 2.90. The van der Waals surface area contributed by atoms with Crippen molar-refractivity contribution in [2.45, 2.75) is 31.8 Å². The standard InChI is InChI=1S/C12H19NO2/c14-11-4-3-9-5-13(6-10(9)11)7-12(15)8-1-2-8/h8-11,14H,1-7H2. The normalized spacial score (nSPS) is 40.7. The molecule has 0 aromatic carbocycles. The molecule has 3 rings (SSSR count). The van der Waals surface area contributed by atoms with Gasteiger partial charge in [-0.15, -0.1) is 0 Å². The van der Waals surface area contributed by atoms with Gasteiger partial charge in [-0.25, -0.2) is 0 Å². The van der Waals surface area contributed by atoms with Crippen molar-refractivity contribution in [3.8, 4) is 0 Å². The van der Waals surface area contributed by atoms with E-state index in [1.54, 1.807) is 0 Å². The fourth-order valence-electron chi connectivity index (χ4n) is 3.21. The highest BCUT2D eigenvalue weighted by atomic mass is 16.3. The zero-order valence-electron chi connectivity index (χ0n) is 9.06. The van der Waals surface area contributed by atoms with Gasteiger partial charge in [0.1, 0.15) is 5.78 Å². The predicted molar refractivity (Wildman–Crippen MR) is 56.4 cm³/mol. The summed E-state index contributed by atoms with van der Waals surface area (Å²) < 4.78 is 0. The molecular formula is C12H19NO2. The monoisotopic (exact) mass is 209 g/mol. The molecule has 1 heterocycles. The zero-order valence-corrected chi connectivity index (χ0v) is 9.06. The number of aliphatic hydroxyl groups is 1. The number of rotatable bonds is 3. The summed E-state index contributed by atoms with van der Waals surface area (Å²) >= 11 is 0. The molecule has 3 nitrogen and oxygen atoms in total. The van der Waals surface area contributed by atoms with Gasteiger partial charge in [0.05, 0.1) is 12.6 Å². The Bertz CT molecular complexity index is 275. The lowest BCUT2D eigenvalue weighted by atomic mass is 10.00. The lowest BCUT2D eigenvalue weighted by Crippen LogP contribution is -2.30. The number of Topliss-reactive ketones (excluding diaryl/α,β-unsaturated/α-hetero) is 1. The number of ketones is 1. The Hall–Kier alpha value is -0.410. The predicted octanol–water partition coefficient (Wildman–Crippen LogP) is 0.668. The quantitative estimate of drug-likeness (QED) is 0.742. The van der Waals surface area contributed by atoms with Crippen molar-refractivity contribution in [2.75, 3.05) is 19.6 Å². The summed E-state index contributed by atoms with van der Waals surface area (Å²) in [4.78, 5) is 13.9. The first-order chi connectivity index (χ1) is 7.24. The maximum absolute atomic E-state index is 11.7. The summed E-state index contributed by atoms with van der Waals surface area (Å²) in [5.41, 5.74) is 0. The summed E-state index contributed by atoms with van der Waals surface area (Å²) in [5, 5.41) is 9.76. The molecule has 84 valence electrons. The third-order valence-electron chi connectivity index (χ3n) is 4.31. The number of hydrogen-bond donors (Lipinski definition) is 1. The molecule has 0 spiro atoms. The Morgan fingerprint density at radius 1 is 1.20 bits per heavy atom. The summed E-state index contributed by atoms with van der Waals surface area (Å²) in [6.45, 7) is 2.63. The van der Waals surface area contributed by atoms with Crippen molar-refractivity contribution in [2.24, 2.45) is 17.8 Å². The average molecular weight is 209 g/mol. The first kappa shape index (κ1) is 9.79.